The first-order chi connectivity index (χ1) is 13.1. The van der Waals surface area contributed by atoms with E-state index in [9.17, 15) is 4.79 Å². The van der Waals surface area contributed by atoms with Crippen LogP contribution in [0.1, 0.15) is 53.0 Å². The van der Waals surface area contributed by atoms with Gasteiger partial charge < -0.3 is 4.74 Å². The van der Waals surface area contributed by atoms with Gasteiger partial charge in [0, 0.05) is 11.5 Å². The molecule has 0 radical (unpaired) electrons. The molecule has 0 bridgehead atoms. The summed E-state index contributed by atoms with van der Waals surface area (Å²) in [5, 5.41) is 0.833. The first kappa shape index (κ1) is 18.0. The third kappa shape index (κ3) is 3.46. The SMILES string of the molecule is COc1cnc2c(-c3nc(C)c(C(=O)C4CCCCC4)s3)cc(C)cc2n1. The van der Waals surface area contributed by atoms with E-state index in [-0.39, 0.29) is 11.7 Å². The average molecular weight is 382 g/mol. The van der Waals surface area contributed by atoms with Crippen molar-refractivity contribution in [2.45, 2.75) is 46.0 Å². The highest BCUT2D eigenvalue weighted by atomic mass is 32.1. The standard InChI is InChI=1S/C21H23N3O2S/c1-12-9-15(18-16(10-12)24-17(26-3)11-22-18)21-23-13(2)20(27-21)19(25)14-7-5-4-6-8-14/h9-11,14H,4-8H2,1-3H3. The Balaban J connectivity index is 1.77. The molecule has 6 heteroatoms. The molecule has 0 atom stereocenters. The molecule has 3 aromatic rings. The second kappa shape index (κ2) is 7.35. The Bertz CT molecular complexity index is 1010. The molecule has 0 N–H and O–H groups in total. The summed E-state index contributed by atoms with van der Waals surface area (Å²) in [5.41, 5.74) is 4.38. The third-order valence-corrected chi connectivity index (χ3v) is 6.41. The van der Waals surface area contributed by atoms with Crippen LogP contribution in [0.15, 0.2) is 18.3 Å². The van der Waals surface area contributed by atoms with Crippen molar-refractivity contribution in [1.29, 1.82) is 0 Å². The summed E-state index contributed by atoms with van der Waals surface area (Å²) in [4.78, 5) is 27.6. The van der Waals surface area contributed by atoms with Gasteiger partial charge >= 0.3 is 0 Å². The van der Waals surface area contributed by atoms with E-state index in [0.29, 0.717) is 5.88 Å². The fraction of sp³-hybridized carbons (Fsp3) is 0.429. The highest BCUT2D eigenvalue weighted by Gasteiger charge is 2.26. The number of aryl methyl sites for hydroxylation is 2. The number of ether oxygens (including phenoxy) is 1. The van der Waals surface area contributed by atoms with Crippen molar-refractivity contribution in [1.82, 2.24) is 15.0 Å². The summed E-state index contributed by atoms with van der Waals surface area (Å²) in [7, 11) is 1.58. The Kier molecular flexibility index (Phi) is 4.91. The van der Waals surface area contributed by atoms with Crippen LogP contribution >= 0.6 is 11.3 Å². The zero-order chi connectivity index (χ0) is 19.0. The van der Waals surface area contributed by atoms with Crippen LogP contribution in [0.25, 0.3) is 21.6 Å². The van der Waals surface area contributed by atoms with Gasteiger partial charge in [-0.3, -0.25) is 4.79 Å². The number of hydrogen-bond donors (Lipinski definition) is 0. The van der Waals surface area contributed by atoms with E-state index >= 15 is 0 Å². The summed E-state index contributed by atoms with van der Waals surface area (Å²) in [5.74, 6) is 0.909. The lowest BCUT2D eigenvalue weighted by Crippen LogP contribution is -2.17. The molecule has 0 spiro atoms. The molecule has 0 saturated heterocycles. The van der Waals surface area contributed by atoms with Crippen molar-refractivity contribution >= 4 is 28.2 Å². The van der Waals surface area contributed by atoms with E-state index in [0.717, 1.165) is 63.4 Å². The number of aromatic nitrogens is 3. The van der Waals surface area contributed by atoms with Crippen LogP contribution in [-0.4, -0.2) is 27.8 Å². The van der Waals surface area contributed by atoms with Gasteiger partial charge in [0.1, 0.15) is 5.01 Å². The zero-order valence-corrected chi connectivity index (χ0v) is 16.7. The molecular formula is C21H23N3O2S. The zero-order valence-electron chi connectivity index (χ0n) is 15.9. The van der Waals surface area contributed by atoms with Gasteiger partial charge in [0.25, 0.3) is 0 Å². The molecule has 1 aliphatic rings. The minimum atomic E-state index is 0.157. The topological polar surface area (TPSA) is 65.0 Å². The van der Waals surface area contributed by atoms with Crippen LogP contribution in [-0.2, 0) is 0 Å². The number of ketones is 1. The first-order valence-corrected chi connectivity index (χ1v) is 10.2. The number of carbonyl (C=O) groups excluding carboxylic acids is 1. The smallest absolute Gasteiger partial charge is 0.232 e. The van der Waals surface area contributed by atoms with Gasteiger partial charge in [-0.05, 0) is 44.4 Å². The van der Waals surface area contributed by atoms with Crippen molar-refractivity contribution in [3.8, 4) is 16.5 Å². The molecule has 2 heterocycles. The van der Waals surface area contributed by atoms with Crippen LogP contribution in [0.4, 0.5) is 0 Å². The minimum Gasteiger partial charge on any atom is -0.480 e. The minimum absolute atomic E-state index is 0.157. The van der Waals surface area contributed by atoms with Crippen LogP contribution in [0.2, 0.25) is 0 Å². The van der Waals surface area contributed by atoms with Gasteiger partial charge in [-0.1, -0.05) is 19.3 Å². The second-order valence-electron chi connectivity index (χ2n) is 7.23. The van der Waals surface area contributed by atoms with E-state index in [1.807, 2.05) is 19.9 Å². The highest BCUT2D eigenvalue weighted by molar-refractivity contribution is 7.17. The molecule has 0 aliphatic heterocycles. The van der Waals surface area contributed by atoms with Gasteiger partial charge in [-0.25, -0.2) is 15.0 Å². The van der Waals surface area contributed by atoms with Gasteiger partial charge in [-0.2, -0.15) is 0 Å². The fourth-order valence-electron chi connectivity index (χ4n) is 3.80. The Morgan fingerprint density at radius 3 is 2.67 bits per heavy atom. The maximum Gasteiger partial charge on any atom is 0.232 e. The molecule has 140 valence electrons. The number of carbonyl (C=O) groups is 1. The van der Waals surface area contributed by atoms with Gasteiger partial charge in [0.2, 0.25) is 5.88 Å². The maximum absolute atomic E-state index is 13.0. The number of methoxy groups -OCH3 is 1. The highest BCUT2D eigenvalue weighted by Crippen LogP contribution is 2.36. The molecule has 1 fully saturated rings. The van der Waals surface area contributed by atoms with Crippen molar-refractivity contribution in [2.24, 2.45) is 5.92 Å². The van der Waals surface area contributed by atoms with Crippen LogP contribution in [0, 0.1) is 19.8 Å². The summed E-state index contributed by atoms with van der Waals surface area (Å²) in [6, 6.07) is 4.06. The lowest BCUT2D eigenvalue weighted by molar-refractivity contribution is 0.0893. The van der Waals surface area contributed by atoms with Crippen molar-refractivity contribution in [3.05, 3.63) is 34.5 Å². The van der Waals surface area contributed by atoms with E-state index in [1.165, 1.54) is 17.8 Å². The summed E-state index contributed by atoms with van der Waals surface area (Å²) >= 11 is 1.49. The lowest BCUT2D eigenvalue weighted by atomic mass is 9.85. The predicted octanol–water partition coefficient (Wildman–Crippen LogP) is 5.14. The number of fused-ring (bicyclic) bond motifs is 1. The maximum atomic E-state index is 13.0. The summed E-state index contributed by atoms with van der Waals surface area (Å²) in [6.45, 7) is 3.96. The molecule has 27 heavy (non-hydrogen) atoms. The molecule has 1 saturated carbocycles. The van der Waals surface area contributed by atoms with Gasteiger partial charge in [0.15, 0.2) is 5.78 Å². The van der Waals surface area contributed by atoms with Crippen molar-refractivity contribution in [2.75, 3.05) is 7.11 Å². The third-order valence-electron chi connectivity index (χ3n) is 5.20. The lowest BCUT2D eigenvalue weighted by Gasteiger charge is -2.19. The van der Waals surface area contributed by atoms with E-state index in [1.54, 1.807) is 13.3 Å². The molecule has 5 nitrogen and oxygen atoms in total. The Morgan fingerprint density at radius 1 is 1.15 bits per heavy atom. The van der Waals surface area contributed by atoms with E-state index < -0.39 is 0 Å². The predicted molar refractivity (Wildman–Crippen MR) is 108 cm³/mol. The average Bonchev–Trinajstić information content (AvgIpc) is 3.08. The molecule has 0 unspecified atom stereocenters. The second-order valence-corrected chi connectivity index (χ2v) is 8.22. The number of hydrogen-bond acceptors (Lipinski definition) is 6. The molecular weight excluding hydrogens is 358 g/mol. The summed E-state index contributed by atoms with van der Waals surface area (Å²) in [6.07, 6.45) is 7.18. The number of rotatable bonds is 4. The molecule has 4 rings (SSSR count). The molecule has 2 aromatic heterocycles. The molecule has 1 aliphatic carbocycles. The normalized spacial score (nSPS) is 15.2. The van der Waals surface area contributed by atoms with Crippen LogP contribution in [0.5, 0.6) is 5.88 Å². The quantitative estimate of drug-likeness (QED) is 0.585. The monoisotopic (exact) mass is 381 g/mol. The van der Waals surface area contributed by atoms with E-state index in [4.69, 9.17) is 9.72 Å². The Labute approximate surface area is 162 Å². The fourth-order valence-corrected chi connectivity index (χ4v) is 4.90. The summed E-state index contributed by atoms with van der Waals surface area (Å²) < 4.78 is 5.20. The van der Waals surface area contributed by atoms with Crippen LogP contribution in [0.3, 0.4) is 0 Å². The Morgan fingerprint density at radius 2 is 1.93 bits per heavy atom. The molecule has 0 amide bonds. The van der Waals surface area contributed by atoms with Crippen molar-refractivity contribution < 1.29 is 9.53 Å². The number of benzene rings is 1. The Hall–Kier alpha value is -2.34. The van der Waals surface area contributed by atoms with Gasteiger partial charge in [0.05, 0.1) is 34.9 Å². The number of nitrogens with zero attached hydrogens (tertiary/aromatic N) is 3. The first-order valence-electron chi connectivity index (χ1n) is 9.40. The van der Waals surface area contributed by atoms with E-state index in [2.05, 4.69) is 16.0 Å². The van der Waals surface area contributed by atoms with Crippen LogP contribution < -0.4 is 4.74 Å². The van der Waals surface area contributed by atoms with Crippen molar-refractivity contribution in [3.63, 3.8) is 0 Å². The van der Waals surface area contributed by atoms with Gasteiger partial charge in [-0.15, -0.1) is 11.3 Å². The largest absolute Gasteiger partial charge is 0.480 e. The number of Topliss-reactive ketones (excluding diaryl/α,β-unsaturated/α-hetero) is 1. The number of thiazole rings is 1. The molecule has 1 aromatic carbocycles.